The van der Waals surface area contributed by atoms with Crippen molar-refractivity contribution in [3.63, 3.8) is 0 Å². The minimum Gasteiger partial charge on any atom is -0.487 e. The SMILES string of the molecule is CC1(C)CCCC2(CC(O)c3cc(Cl)ccc3O2)C1. The maximum absolute atomic E-state index is 10.4. The van der Waals surface area contributed by atoms with E-state index in [0.29, 0.717) is 16.9 Å². The van der Waals surface area contributed by atoms with E-state index in [2.05, 4.69) is 13.8 Å². The highest BCUT2D eigenvalue weighted by molar-refractivity contribution is 6.30. The van der Waals surface area contributed by atoms with Gasteiger partial charge in [0.25, 0.3) is 0 Å². The van der Waals surface area contributed by atoms with E-state index < -0.39 is 6.10 Å². The standard InChI is InChI=1S/C16H21ClO2/c1-15(2)6-3-7-16(10-15)9-13(18)12-8-11(17)4-5-14(12)19-16/h4-5,8,13,18H,3,6-7,9-10H2,1-2H3. The maximum Gasteiger partial charge on any atom is 0.126 e. The average Bonchev–Trinajstić information content (AvgIpc) is 2.29. The van der Waals surface area contributed by atoms with Crippen LogP contribution in [0, 0.1) is 5.41 Å². The van der Waals surface area contributed by atoms with Crippen molar-refractivity contribution in [1.82, 2.24) is 0 Å². The third kappa shape index (κ3) is 2.48. The summed E-state index contributed by atoms with van der Waals surface area (Å²) in [6, 6.07) is 5.55. The molecule has 104 valence electrons. The summed E-state index contributed by atoms with van der Waals surface area (Å²) in [6.45, 7) is 4.59. The Morgan fingerprint density at radius 1 is 1.32 bits per heavy atom. The summed E-state index contributed by atoms with van der Waals surface area (Å²) >= 11 is 6.00. The summed E-state index contributed by atoms with van der Waals surface area (Å²) in [5.74, 6) is 0.806. The number of ether oxygens (including phenoxy) is 1. The molecule has 1 aromatic carbocycles. The molecule has 1 N–H and O–H groups in total. The average molecular weight is 281 g/mol. The number of rotatable bonds is 0. The molecule has 3 heteroatoms. The fraction of sp³-hybridized carbons (Fsp3) is 0.625. The number of aliphatic hydroxyl groups excluding tert-OH is 1. The van der Waals surface area contributed by atoms with Gasteiger partial charge in [-0.3, -0.25) is 0 Å². The molecule has 19 heavy (non-hydrogen) atoms. The summed E-state index contributed by atoms with van der Waals surface area (Å²) in [5.41, 5.74) is 0.936. The van der Waals surface area contributed by atoms with E-state index in [0.717, 1.165) is 24.2 Å². The van der Waals surface area contributed by atoms with Crippen LogP contribution in [0.3, 0.4) is 0 Å². The molecule has 2 atom stereocenters. The smallest absolute Gasteiger partial charge is 0.126 e. The van der Waals surface area contributed by atoms with Crippen LogP contribution in [-0.4, -0.2) is 10.7 Å². The molecule has 3 rings (SSSR count). The second kappa shape index (κ2) is 4.39. The van der Waals surface area contributed by atoms with Crippen LogP contribution in [0.1, 0.15) is 57.6 Å². The molecule has 0 amide bonds. The molecule has 1 saturated carbocycles. The van der Waals surface area contributed by atoms with Crippen LogP contribution in [0.2, 0.25) is 5.02 Å². The van der Waals surface area contributed by atoms with E-state index in [9.17, 15) is 5.11 Å². The summed E-state index contributed by atoms with van der Waals surface area (Å²) in [7, 11) is 0. The van der Waals surface area contributed by atoms with Gasteiger partial charge in [-0.25, -0.2) is 0 Å². The molecular formula is C16H21ClO2. The second-order valence-electron chi connectivity index (χ2n) is 6.88. The lowest BCUT2D eigenvalue weighted by Crippen LogP contribution is -2.47. The minimum absolute atomic E-state index is 0.192. The normalized spacial score (nSPS) is 32.7. The van der Waals surface area contributed by atoms with Crippen LogP contribution in [0.5, 0.6) is 5.75 Å². The highest BCUT2D eigenvalue weighted by Crippen LogP contribution is 2.51. The lowest BCUT2D eigenvalue weighted by molar-refractivity contribution is -0.0676. The first-order chi connectivity index (χ1) is 8.89. The van der Waals surface area contributed by atoms with Gasteiger partial charge < -0.3 is 9.84 Å². The quantitative estimate of drug-likeness (QED) is 0.758. The topological polar surface area (TPSA) is 29.5 Å². The molecule has 1 aromatic rings. The Kier molecular flexibility index (Phi) is 3.06. The minimum atomic E-state index is -0.462. The highest BCUT2D eigenvalue weighted by Gasteiger charge is 2.46. The number of benzene rings is 1. The fourth-order valence-corrected chi connectivity index (χ4v) is 3.99. The van der Waals surface area contributed by atoms with E-state index in [1.54, 1.807) is 0 Å². The first kappa shape index (κ1) is 13.3. The van der Waals surface area contributed by atoms with Gasteiger partial charge in [-0.15, -0.1) is 0 Å². The molecule has 1 aliphatic carbocycles. The molecule has 0 saturated heterocycles. The molecule has 1 heterocycles. The van der Waals surface area contributed by atoms with E-state index in [1.807, 2.05) is 18.2 Å². The predicted molar refractivity (Wildman–Crippen MR) is 76.6 cm³/mol. The molecule has 0 aromatic heterocycles. The zero-order valence-electron chi connectivity index (χ0n) is 11.6. The van der Waals surface area contributed by atoms with Crippen LogP contribution in [0.25, 0.3) is 0 Å². The van der Waals surface area contributed by atoms with Crippen molar-refractivity contribution in [2.45, 2.75) is 57.7 Å². The summed E-state index contributed by atoms with van der Waals surface area (Å²) < 4.78 is 6.30. The lowest BCUT2D eigenvalue weighted by atomic mass is 9.67. The van der Waals surface area contributed by atoms with Gasteiger partial charge in [0.05, 0.1) is 6.10 Å². The first-order valence-corrected chi connectivity index (χ1v) is 7.44. The Morgan fingerprint density at radius 2 is 2.11 bits per heavy atom. The Hall–Kier alpha value is -0.730. The lowest BCUT2D eigenvalue weighted by Gasteiger charge is -2.48. The van der Waals surface area contributed by atoms with Crippen LogP contribution in [0.4, 0.5) is 0 Å². The number of halogens is 1. The molecule has 2 nitrogen and oxygen atoms in total. The number of hydrogen-bond donors (Lipinski definition) is 1. The first-order valence-electron chi connectivity index (χ1n) is 7.06. The van der Waals surface area contributed by atoms with Gasteiger partial charge in [0.2, 0.25) is 0 Å². The number of aliphatic hydroxyl groups is 1. The fourth-order valence-electron chi connectivity index (χ4n) is 3.81. The van der Waals surface area contributed by atoms with E-state index >= 15 is 0 Å². The zero-order valence-corrected chi connectivity index (χ0v) is 12.3. The summed E-state index contributed by atoms with van der Waals surface area (Å²) in [6.07, 6.45) is 4.68. The van der Waals surface area contributed by atoms with Crippen LogP contribution < -0.4 is 4.74 Å². The molecular weight excluding hydrogens is 260 g/mol. The van der Waals surface area contributed by atoms with E-state index in [-0.39, 0.29) is 5.60 Å². The van der Waals surface area contributed by atoms with E-state index in [1.165, 1.54) is 12.8 Å². The third-order valence-corrected chi connectivity index (χ3v) is 4.74. The van der Waals surface area contributed by atoms with Crippen molar-refractivity contribution in [3.8, 4) is 5.75 Å². The highest BCUT2D eigenvalue weighted by atomic mass is 35.5. The Labute approximate surface area is 119 Å². The van der Waals surface area contributed by atoms with Gasteiger partial charge in [0, 0.05) is 17.0 Å². The van der Waals surface area contributed by atoms with Crippen LogP contribution in [-0.2, 0) is 0 Å². The van der Waals surface area contributed by atoms with Gasteiger partial charge in [-0.2, -0.15) is 0 Å². The number of fused-ring (bicyclic) bond motifs is 1. The summed E-state index contributed by atoms with van der Waals surface area (Å²) in [5, 5.41) is 11.1. The largest absolute Gasteiger partial charge is 0.487 e. The van der Waals surface area contributed by atoms with Gasteiger partial charge in [0.1, 0.15) is 11.4 Å². The molecule has 2 unspecified atom stereocenters. The van der Waals surface area contributed by atoms with Crippen molar-refractivity contribution in [1.29, 1.82) is 0 Å². The Bertz CT molecular complexity index is 498. The number of hydrogen-bond acceptors (Lipinski definition) is 2. The zero-order chi connectivity index (χ0) is 13.7. The second-order valence-corrected chi connectivity index (χ2v) is 7.32. The van der Waals surface area contributed by atoms with Crippen LogP contribution >= 0.6 is 11.6 Å². The molecule has 1 fully saturated rings. The predicted octanol–water partition coefficient (Wildman–Crippen LogP) is 4.49. The Balaban J connectivity index is 1.94. The molecule has 0 bridgehead atoms. The monoisotopic (exact) mass is 280 g/mol. The van der Waals surface area contributed by atoms with Crippen molar-refractivity contribution in [2.75, 3.05) is 0 Å². The molecule has 2 aliphatic rings. The van der Waals surface area contributed by atoms with Crippen molar-refractivity contribution in [3.05, 3.63) is 28.8 Å². The van der Waals surface area contributed by atoms with Crippen molar-refractivity contribution in [2.24, 2.45) is 5.41 Å². The third-order valence-electron chi connectivity index (χ3n) is 4.51. The van der Waals surface area contributed by atoms with Gasteiger partial charge in [-0.05, 0) is 49.3 Å². The molecule has 0 radical (unpaired) electrons. The van der Waals surface area contributed by atoms with E-state index in [4.69, 9.17) is 16.3 Å². The van der Waals surface area contributed by atoms with Gasteiger partial charge >= 0.3 is 0 Å². The van der Waals surface area contributed by atoms with Gasteiger partial charge in [0.15, 0.2) is 0 Å². The molecule has 1 spiro atoms. The summed E-state index contributed by atoms with van der Waals surface area (Å²) in [4.78, 5) is 0. The molecule has 1 aliphatic heterocycles. The Morgan fingerprint density at radius 3 is 2.84 bits per heavy atom. The van der Waals surface area contributed by atoms with Crippen molar-refractivity contribution >= 4 is 11.6 Å². The van der Waals surface area contributed by atoms with Crippen molar-refractivity contribution < 1.29 is 9.84 Å². The maximum atomic E-state index is 10.4. The van der Waals surface area contributed by atoms with Crippen LogP contribution in [0.15, 0.2) is 18.2 Å². The van der Waals surface area contributed by atoms with Gasteiger partial charge in [-0.1, -0.05) is 25.4 Å².